The number of amides is 4. The Labute approximate surface area is 185 Å². The number of nitrogens with zero attached hydrogens (tertiary/aromatic N) is 1. The molecule has 4 amide bonds. The Morgan fingerprint density at radius 2 is 1.78 bits per heavy atom. The molecule has 1 aliphatic rings. The highest BCUT2D eigenvalue weighted by Crippen LogP contribution is 2.20. The number of carbonyl (C=O) groups is 3. The van der Waals surface area contributed by atoms with Gasteiger partial charge in [-0.05, 0) is 57.2 Å². The summed E-state index contributed by atoms with van der Waals surface area (Å²) >= 11 is 0. The van der Waals surface area contributed by atoms with E-state index in [1.165, 1.54) is 16.9 Å². The molecule has 1 aromatic carbocycles. The van der Waals surface area contributed by atoms with Crippen molar-refractivity contribution in [1.29, 1.82) is 0 Å². The molecule has 0 radical (unpaired) electrons. The van der Waals surface area contributed by atoms with Crippen molar-refractivity contribution in [3.8, 4) is 0 Å². The molecule has 1 aromatic rings. The summed E-state index contributed by atoms with van der Waals surface area (Å²) in [5.41, 5.74) is 0.808. The van der Waals surface area contributed by atoms with E-state index >= 15 is 0 Å². The number of halogens is 3. The molecule has 0 saturated carbocycles. The van der Waals surface area contributed by atoms with E-state index in [0.717, 1.165) is 31.7 Å². The second kappa shape index (κ2) is 12.8. The van der Waals surface area contributed by atoms with Gasteiger partial charge in [0, 0.05) is 6.54 Å². The largest absolute Gasteiger partial charge is 0.337 e. The van der Waals surface area contributed by atoms with Gasteiger partial charge in [0.05, 0.1) is 18.8 Å². The molecule has 0 bridgehead atoms. The van der Waals surface area contributed by atoms with Gasteiger partial charge in [-0.3, -0.25) is 19.8 Å². The lowest BCUT2D eigenvalue weighted by atomic mass is 9.97. The van der Waals surface area contributed by atoms with Crippen LogP contribution in [-0.4, -0.2) is 48.9 Å². The van der Waals surface area contributed by atoms with Gasteiger partial charge in [0.15, 0.2) is 17.5 Å². The zero-order chi connectivity index (χ0) is 23.5. The van der Waals surface area contributed by atoms with Crippen molar-refractivity contribution in [3.05, 3.63) is 41.2 Å². The molecule has 3 N–H and O–H groups in total. The van der Waals surface area contributed by atoms with Crippen molar-refractivity contribution in [2.45, 2.75) is 45.4 Å². The Hall–Kier alpha value is -2.88. The van der Waals surface area contributed by atoms with Crippen molar-refractivity contribution >= 4 is 23.5 Å². The molecule has 0 spiro atoms. The third-order valence-corrected chi connectivity index (χ3v) is 4.95. The number of nitrogens with one attached hydrogen (secondary N) is 3. The SMILES string of the molecule is CCCN(CC(=O)NC(=O)NCCC1=CCCCC1)CC(=O)Nc1ccc(F)c(F)c1F. The lowest BCUT2D eigenvalue weighted by Gasteiger charge is -2.20. The molecule has 0 aromatic heterocycles. The molecule has 2 rings (SSSR count). The maximum absolute atomic E-state index is 13.7. The predicted octanol–water partition coefficient (Wildman–Crippen LogP) is 3.47. The maximum Gasteiger partial charge on any atom is 0.321 e. The Kier molecular flexibility index (Phi) is 10.2. The van der Waals surface area contributed by atoms with Gasteiger partial charge in [-0.2, -0.15) is 0 Å². The van der Waals surface area contributed by atoms with Crippen LogP contribution in [-0.2, 0) is 9.59 Å². The molecule has 0 heterocycles. The lowest BCUT2D eigenvalue weighted by Crippen LogP contribution is -2.46. The minimum atomic E-state index is -1.68. The smallest absolute Gasteiger partial charge is 0.321 e. The van der Waals surface area contributed by atoms with Crippen molar-refractivity contribution in [2.75, 3.05) is 31.5 Å². The lowest BCUT2D eigenvalue weighted by molar-refractivity contribution is -0.122. The van der Waals surface area contributed by atoms with Crippen LogP contribution in [0.3, 0.4) is 0 Å². The van der Waals surface area contributed by atoms with Crippen molar-refractivity contribution in [2.24, 2.45) is 0 Å². The summed E-state index contributed by atoms with van der Waals surface area (Å²) in [4.78, 5) is 37.7. The van der Waals surface area contributed by atoms with Gasteiger partial charge in [0.25, 0.3) is 0 Å². The molecule has 0 fully saturated rings. The Bertz CT molecular complexity index is 861. The van der Waals surface area contributed by atoms with Gasteiger partial charge >= 0.3 is 6.03 Å². The van der Waals surface area contributed by atoms with Gasteiger partial charge in [-0.15, -0.1) is 0 Å². The van der Waals surface area contributed by atoms with Crippen molar-refractivity contribution in [1.82, 2.24) is 15.5 Å². The summed E-state index contributed by atoms with van der Waals surface area (Å²) in [6, 6.07) is 1.00. The summed E-state index contributed by atoms with van der Waals surface area (Å²) in [7, 11) is 0. The van der Waals surface area contributed by atoms with E-state index in [1.54, 1.807) is 0 Å². The van der Waals surface area contributed by atoms with E-state index < -0.39 is 41.0 Å². The summed E-state index contributed by atoms with van der Waals surface area (Å²) < 4.78 is 40.0. The standard InChI is InChI=1S/C22H29F3N4O3/c1-2-12-29(13-18(30)27-17-9-8-16(23)20(24)21(17)25)14-19(31)28-22(32)26-11-10-15-6-4-3-5-7-15/h6,8-9H,2-5,7,10-14H2,1H3,(H,27,30)(H2,26,28,31,32). The first-order valence-corrected chi connectivity index (χ1v) is 10.7. The molecule has 7 nitrogen and oxygen atoms in total. The number of rotatable bonds is 10. The number of carbonyl (C=O) groups excluding carboxylic acids is 3. The maximum atomic E-state index is 13.7. The zero-order valence-electron chi connectivity index (χ0n) is 18.1. The monoisotopic (exact) mass is 454 g/mol. The third-order valence-electron chi connectivity index (χ3n) is 4.95. The van der Waals surface area contributed by atoms with Crippen LogP contribution in [0.5, 0.6) is 0 Å². The van der Waals surface area contributed by atoms with Gasteiger partial charge in [-0.25, -0.2) is 18.0 Å². The highest BCUT2D eigenvalue weighted by molar-refractivity contribution is 5.96. The number of allylic oxidation sites excluding steroid dienone is 1. The number of urea groups is 1. The number of hydrogen-bond donors (Lipinski definition) is 3. The molecule has 10 heteroatoms. The minimum absolute atomic E-state index is 0.236. The molecule has 32 heavy (non-hydrogen) atoms. The molecule has 1 aliphatic carbocycles. The van der Waals surface area contributed by atoms with Crippen LogP contribution < -0.4 is 16.0 Å². The van der Waals surface area contributed by atoms with Crippen LogP contribution in [0.1, 0.15) is 45.4 Å². The average molecular weight is 454 g/mol. The van der Waals surface area contributed by atoms with Crippen LogP contribution in [0.2, 0.25) is 0 Å². The summed E-state index contributed by atoms with van der Waals surface area (Å²) in [6.07, 6.45) is 7.97. The highest BCUT2D eigenvalue weighted by atomic mass is 19.2. The highest BCUT2D eigenvalue weighted by Gasteiger charge is 2.19. The first-order valence-electron chi connectivity index (χ1n) is 10.7. The van der Waals surface area contributed by atoms with E-state index in [-0.39, 0.29) is 13.1 Å². The minimum Gasteiger partial charge on any atom is -0.337 e. The number of anilines is 1. The molecule has 0 atom stereocenters. The summed E-state index contributed by atoms with van der Waals surface area (Å²) in [5.74, 6) is -5.85. The first kappa shape index (κ1) is 25.4. The predicted molar refractivity (Wildman–Crippen MR) is 114 cm³/mol. The number of imide groups is 1. The number of benzene rings is 1. The van der Waals surface area contributed by atoms with Crippen molar-refractivity contribution < 1.29 is 27.6 Å². The second-order valence-electron chi connectivity index (χ2n) is 7.64. The van der Waals surface area contributed by atoms with Gasteiger partial charge in [-0.1, -0.05) is 18.6 Å². The normalized spacial score (nSPS) is 13.5. The van der Waals surface area contributed by atoms with E-state index in [0.29, 0.717) is 25.6 Å². The van der Waals surface area contributed by atoms with Crippen LogP contribution in [0.15, 0.2) is 23.8 Å². The van der Waals surface area contributed by atoms with Crippen LogP contribution >= 0.6 is 0 Å². The fourth-order valence-electron chi connectivity index (χ4n) is 3.43. The Morgan fingerprint density at radius 3 is 2.47 bits per heavy atom. The van der Waals surface area contributed by atoms with Crippen LogP contribution in [0, 0.1) is 17.5 Å². The fraction of sp³-hybridized carbons (Fsp3) is 0.500. The topological polar surface area (TPSA) is 90.5 Å². The van der Waals surface area contributed by atoms with E-state index in [9.17, 15) is 27.6 Å². The molecule has 0 saturated heterocycles. The summed E-state index contributed by atoms with van der Waals surface area (Å²) in [5, 5.41) is 7.02. The molecule has 0 unspecified atom stereocenters. The first-order chi connectivity index (χ1) is 15.3. The van der Waals surface area contributed by atoms with Gasteiger partial charge in [0.2, 0.25) is 11.8 Å². The van der Waals surface area contributed by atoms with Gasteiger partial charge in [0.1, 0.15) is 0 Å². The van der Waals surface area contributed by atoms with E-state index in [4.69, 9.17) is 0 Å². The average Bonchev–Trinajstić information content (AvgIpc) is 2.75. The van der Waals surface area contributed by atoms with Crippen LogP contribution in [0.4, 0.5) is 23.7 Å². The van der Waals surface area contributed by atoms with E-state index in [2.05, 4.69) is 22.0 Å². The quantitative estimate of drug-likeness (QED) is 0.373. The molecular weight excluding hydrogens is 425 g/mol. The molecular formula is C22H29F3N4O3. The third kappa shape index (κ3) is 8.33. The Morgan fingerprint density at radius 1 is 1.03 bits per heavy atom. The van der Waals surface area contributed by atoms with Crippen molar-refractivity contribution in [3.63, 3.8) is 0 Å². The second-order valence-corrected chi connectivity index (χ2v) is 7.64. The number of hydrogen-bond acceptors (Lipinski definition) is 4. The van der Waals surface area contributed by atoms with Crippen LogP contribution in [0.25, 0.3) is 0 Å². The molecule has 176 valence electrons. The zero-order valence-corrected chi connectivity index (χ0v) is 18.1. The van der Waals surface area contributed by atoms with Gasteiger partial charge < -0.3 is 10.6 Å². The summed E-state index contributed by atoms with van der Waals surface area (Å²) in [6.45, 7) is 2.09. The molecule has 0 aliphatic heterocycles. The Balaban J connectivity index is 1.79. The van der Waals surface area contributed by atoms with E-state index in [1.807, 2.05) is 6.92 Å². The fourth-order valence-corrected chi connectivity index (χ4v) is 3.43.